The lowest BCUT2D eigenvalue weighted by Gasteiger charge is -2.05. The van der Waals surface area contributed by atoms with Crippen LogP contribution in [0.4, 0.5) is 0 Å². The van der Waals surface area contributed by atoms with Crippen LogP contribution in [0.25, 0.3) is 0 Å². The Balaban J connectivity index is 0.00000178. The Labute approximate surface area is 179 Å². The molecular formula is C24H47N3O2. The largest absolute Gasteiger partial charge is 0.481 e. The highest BCUT2D eigenvalue weighted by atomic mass is 16.4. The normalized spacial score (nSPS) is 14.2. The maximum Gasteiger partial charge on any atom is 0.300 e. The second kappa shape index (κ2) is 21.4. The number of allylic oxidation sites excluding steroid dienone is 1. The molecule has 0 bridgehead atoms. The number of hydrogen-bond acceptors (Lipinski definition) is 4. The maximum atomic E-state index is 9.00. The molecule has 0 aromatic rings. The van der Waals surface area contributed by atoms with Crippen LogP contribution < -0.4 is 11.1 Å². The lowest BCUT2D eigenvalue weighted by molar-refractivity contribution is -0.134. The first kappa shape index (κ1) is 27.6. The molecule has 0 saturated carbocycles. The van der Waals surface area contributed by atoms with Gasteiger partial charge in [-0.2, -0.15) is 0 Å². The lowest BCUT2D eigenvalue weighted by atomic mass is 10.0. The van der Waals surface area contributed by atoms with Crippen molar-refractivity contribution >= 4 is 11.8 Å². The van der Waals surface area contributed by atoms with E-state index >= 15 is 0 Å². The summed E-state index contributed by atoms with van der Waals surface area (Å²) in [7, 11) is 0. The van der Waals surface area contributed by atoms with Gasteiger partial charge in [0.25, 0.3) is 5.97 Å². The second-order valence-corrected chi connectivity index (χ2v) is 8.25. The van der Waals surface area contributed by atoms with E-state index in [-0.39, 0.29) is 0 Å². The van der Waals surface area contributed by atoms with Crippen LogP contribution in [-0.2, 0) is 4.79 Å². The van der Waals surface area contributed by atoms with Crippen LogP contribution >= 0.6 is 0 Å². The van der Waals surface area contributed by atoms with Gasteiger partial charge in [-0.05, 0) is 26.2 Å². The van der Waals surface area contributed by atoms with Gasteiger partial charge in [0.1, 0.15) is 5.84 Å². The van der Waals surface area contributed by atoms with Crippen LogP contribution in [0.5, 0.6) is 0 Å². The van der Waals surface area contributed by atoms with Crippen LogP contribution in [0, 0.1) is 0 Å². The molecule has 0 aromatic carbocycles. The highest BCUT2D eigenvalue weighted by Gasteiger charge is 2.00. The first-order chi connectivity index (χ1) is 14.0. The molecular weight excluding hydrogens is 362 g/mol. The number of carbonyl (C=O) groups is 1. The standard InChI is InChI=1S/C22H43N3.C2H4O2/c1-21(23)17-15-13-11-9-7-5-3-2-4-6-8-10-12-14-16-18-22-24-19-20-25-22;1-2(3)4/h14,16,21H,2-13,15,17-20,23H2,1H3,(H,24,25);1H3,(H,3,4). The number of carboxylic acid groups (broad SMARTS) is 1. The van der Waals surface area contributed by atoms with E-state index in [2.05, 4.69) is 29.4 Å². The Hall–Kier alpha value is -1.36. The molecule has 0 amide bonds. The average Bonchev–Trinajstić information content (AvgIpc) is 3.17. The molecule has 1 unspecified atom stereocenters. The minimum Gasteiger partial charge on any atom is -0.481 e. The predicted octanol–water partition coefficient (Wildman–Crippen LogP) is 5.83. The first-order valence-electron chi connectivity index (χ1n) is 11.9. The fourth-order valence-corrected chi connectivity index (χ4v) is 3.39. The molecule has 0 spiro atoms. The third kappa shape index (κ3) is 24.6. The molecule has 0 aromatic heterocycles. The molecule has 0 aliphatic carbocycles. The first-order valence-corrected chi connectivity index (χ1v) is 11.9. The van der Waals surface area contributed by atoms with Gasteiger partial charge >= 0.3 is 0 Å². The van der Waals surface area contributed by atoms with Crippen LogP contribution in [0.2, 0.25) is 0 Å². The van der Waals surface area contributed by atoms with Crippen LogP contribution in [-0.4, -0.2) is 36.0 Å². The van der Waals surface area contributed by atoms with Gasteiger partial charge in [-0.15, -0.1) is 0 Å². The summed E-state index contributed by atoms with van der Waals surface area (Å²) in [5.41, 5.74) is 5.77. The van der Waals surface area contributed by atoms with Gasteiger partial charge in [0.15, 0.2) is 0 Å². The monoisotopic (exact) mass is 409 g/mol. The van der Waals surface area contributed by atoms with E-state index < -0.39 is 5.97 Å². The number of aliphatic imine (C=N–C) groups is 1. The molecule has 1 rings (SSSR count). The molecule has 29 heavy (non-hydrogen) atoms. The van der Waals surface area contributed by atoms with E-state index in [9.17, 15) is 0 Å². The summed E-state index contributed by atoms with van der Waals surface area (Å²) in [5, 5.41) is 10.7. The number of rotatable bonds is 17. The Bertz CT molecular complexity index is 430. The van der Waals surface area contributed by atoms with Crippen molar-refractivity contribution in [1.82, 2.24) is 5.32 Å². The zero-order chi connectivity index (χ0) is 21.6. The van der Waals surface area contributed by atoms with Crippen LogP contribution in [0.3, 0.4) is 0 Å². The van der Waals surface area contributed by atoms with Crippen molar-refractivity contribution in [2.45, 2.75) is 116 Å². The van der Waals surface area contributed by atoms with Crippen molar-refractivity contribution in [2.24, 2.45) is 10.7 Å². The molecule has 170 valence electrons. The highest BCUT2D eigenvalue weighted by Crippen LogP contribution is 2.13. The number of amidine groups is 1. The zero-order valence-corrected chi connectivity index (χ0v) is 19.1. The SMILES string of the molecule is CC(=O)O.CC(N)CCCCCCCCCCCCCCC=CCC1=NCCN1. The van der Waals surface area contributed by atoms with Gasteiger partial charge in [-0.1, -0.05) is 82.8 Å². The number of unbranched alkanes of at least 4 members (excludes halogenated alkanes) is 12. The molecule has 1 heterocycles. The molecule has 1 aliphatic heterocycles. The Morgan fingerprint density at radius 3 is 1.93 bits per heavy atom. The predicted molar refractivity (Wildman–Crippen MR) is 126 cm³/mol. The summed E-state index contributed by atoms with van der Waals surface area (Å²) in [6, 6.07) is 0.389. The third-order valence-electron chi connectivity index (χ3n) is 5.00. The summed E-state index contributed by atoms with van der Waals surface area (Å²) in [4.78, 5) is 13.4. The topological polar surface area (TPSA) is 87.7 Å². The summed E-state index contributed by atoms with van der Waals surface area (Å²) in [6.07, 6.45) is 24.9. The van der Waals surface area contributed by atoms with Gasteiger partial charge in [0.05, 0.1) is 6.54 Å². The molecule has 1 aliphatic rings. The fourth-order valence-electron chi connectivity index (χ4n) is 3.39. The van der Waals surface area contributed by atoms with E-state index in [1.807, 2.05) is 0 Å². The van der Waals surface area contributed by atoms with E-state index in [1.54, 1.807) is 0 Å². The maximum absolute atomic E-state index is 9.00. The van der Waals surface area contributed by atoms with Gasteiger partial charge in [0.2, 0.25) is 0 Å². The Morgan fingerprint density at radius 1 is 1.00 bits per heavy atom. The molecule has 5 heteroatoms. The highest BCUT2D eigenvalue weighted by molar-refractivity contribution is 5.84. The van der Waals surface area contributed by atoms with Gasteiger partial charge < -0.3 is 16.2 Å². The van der Waals surface area contributed by atoms with Crippen molar-refractivity contribution in [1.29, 1.82) is 0 Å². The van der Waals surface area contributed by atoms with Crippen molar-refractivity contribution < 1.29 is 9.90 Å². The van der Waals surface area contributed by atoms with Crippen LogP contribution in [0.15, 0.2) is 17.1 Å². The van der Waals surface area contributed by atoms with E-state index in [0.29, 0.717) is 6.04 Å². The number of carboxylic acids is 1. The lowest BCUT2D eigenvalue weighted by Crippen LogP contribution is -2.17. The van der Waals surface area contributed by atoms with Crippen molar-refractivity contribution in [2.75, 3.05) is 13.1 Å². The molecule has 0 saturated heterocycles. The third-order valence-corrected chi connectivity index (χ3v) is 5.00. The summed E-state index contributed by atoms with van der Waals surface area (Å²) in [5.74, 6) is 0.335. The van der Waals surface area contributed by atoms with Crippen molar-refractivity contribution in [3.8, 4) is 0 Å². The Kier molecular flexibility index (Phi) is 20.3. The Morgan fingerprint density at radius 2 is 1.48 bits per heavy atom. The van der Waals surface area contributed by atoms with Crippen LogP contribution in [0.1, 0.15) is 110 Å². The molecule has 5 nitrogen and oxygen atoms in total. The molecule has 1 atom stereocenters. The number of hydrogen-bond donors (Lipinski definition) is 3. The van der Waals surface area contributed by atoms with E-state index in [4.69, 9.17) is 15.6 Å². The molecule has 0 radical (unpaired) electrons. The van der Waals surface area contributed by atoms with E-state index in [0.717, 1.165) is 26.4 Å². The molecule has 0 fully saturated rings. The van der Waals surface area contributed by atoms with Crippen molar-refractivity contribution in [3.05, 3.63) is 12.2 Å². The quantitative estimate of drug-likeness (QED) is 0.208. The fraction of sp³-hybridized carbons (Fsp3) is 0.833. The van der Waals surface area contributed by atoms with Gasteiger partial charge in [-0.3, -0.25) is 9.79 Å². The zero-order valence-electron chi connectivity index (χ0n) is 19.1. The van der Waals surface area contributed by atoms with E-state index in [1.165, 1.54) is 95.7 Å². The summed E-state index contributed by atoms with van der Waals surface area (Å²) < 4.78 is 0. The number of nitrogens with zero attached hydrogens (tertiary/aromatic N) is 1. The summed E-state index contributed by atoms with van der Waals surface area (Å²) in [6.45, 7) is 5.18. The van der Waals surface area contributed by atoms with Gasteiger partial charge in [0, 0.05) is 25.9 Å². The van der Waals surface area contributed by atoms with Gasteiger partial charge in [-0.25, -0.2) is 0 Å². The minimum absolute atomic E-state index is 0.389. The number of nitrogens with two attached hydrogens (primary N) is 1. The average molecular weight is 410 g/mol. The summed E-state index contributed by atoms with van der Waals surface area (Å²) >= 11 is 0. The minimum atomic E-state index is -0.833. The number of aliphatic carboxylic acids is 1. The molecule has 4 N–H and O–H groups in total. The van der Waals surface area contributed by atoms with Crippen molar-refractivity contribution in [3.63, 3.8) is 0 Å². The second-order valence-electron chi connectivity index (χ2n) is 8.25. The number of nitrogens with one attached hydrogen (secondary N) is 1. The smallest absolute Gasteiger partial charge is 0.300 e.